The Morgan fingerprint density at radius 2 is 1.94 bits per heavy atom. The molecule has 2 atom stereocenters. The summed E-state index contributed by atoms with van der Waals surface area (Å²) in [5.41, 5.74) is 0.901. The van der Waals surface area contributed by atoms with Gasteiger partial charge < -0.3 is 14.6 Å². The third kappa shape index (κ3) is 2.14. The lowest BCUT2D eigenvalue weighted by molar-refractivity contribution is 0.114. The molecule has 3 nitrogen and oxygen atoms in total. The Morgan fingerprint density at radius 3 is 2.62 bits per heavy atom. The third-order valence-corrected chi connectivity index (χ3v) is 3.09. The maximum atomic E-state index is 10.1. The van der Waals surface area contributed by atoms with Gasteiger partial charge in [0, 0.05) is 0 Å². The summed E-state index contributed by atoms with van der Waals surface area (Å²) in [7, 11) is 0. The Bertz CT molecular complexity index is 362. The molecule has 1 aliphatic heterocycles. The van der Waals surface area contributed by atoms with Gasteiger partial charge in [-0.15, -0.1) is 0 Å². The van der Waals surface area contributed by atoms with Crippen LogP contribution < -0.4 is 9.47 Å². The van der Waals surface area contributed by atoms with E-state index in [0.717, 1.165) is 23.5 Å². The van der Waals surface area contributed by atoms with Crippen molar-refractivity contribution in [2.24, 2.45) is 5.92 Å². The van der Waals surface area contributed by atoms with Gasteiger partial charge in [0.1, 0.15) is 13.2 Å². The number of aliphatic hydroxyl groups is 1. The summed E-state index contributed by atoms with van der Waals surface area (Å²) in [4.78, 5) is 0. The van der Waals surface area contributed by atoms with E-state index in [-0.39, 0.29) is 5.92 Å². The highest BCUT2D eigenvalue weighted by molar-refractivity contribution is 5.44. The molecule has 1 aromatic carbocycles. The zero-order valence-corrected chi connectivity index (χ0v) is 9.77. The van der Waals surface area contributed by atoms with Gasteiger partial charge in [-0.05, 0) is 23.6 Å². The number of aliphatic hydroxyl groups excluding tert-OH is 1. The van der Waals surface area contributed by atoms with Gasteiger partial charge in [-0.2, -0.15) is 0 Å². The van der Waals surface area contributed by atoms with E-state index in [9.17, 15) is 5.11 Å². The Kier molecular flexibility index (Phi) is 3.34. The molecule has 0 aliphatic carbocycles. The second-order valence-electron chi connectivity index (χ2n) is 4.23. The molecule has 1 aliphatic rings. The van der Waals surface area contributed by atoms with E-state index in [1.165, 1.54) is 0 Å². The molecule has 1 heterocycles. The first-order valence-corrected chi connectivity index (χ1v) is 5.80. The van der Waals surface area contributed by atoms with E-state index >= 15 is 0 Å². The van der Waals surface area contributed by atoms with Gasteiger partial charge in [0.05, 0.1) is 6.10 Å². The van der Waals surface area contributed by atoms with Crippen LogP contribution >= 0.6 is 0 Å². The normalized spacial score (nSPS) is 17.9. The van der Waals surface area contributed by atoms with Gasteiger partial charge in [0.15, 0.2) is 11.5 Å². The van der Waals surface area contributed by atoms with Crippen LogP contribution in [0.4, 0.5) is 0 Å². The number of benzene rings is 1. The Labute approximate surface area is 96.0 Å². The van der Waals surface area contributed by atoms with Crippen LogP contribution in [0.5, 0.6) is 11.5 Å². The molecule has 0 fully saturated rings. The van der Waals surface area contributed by atoms with Crippen LogP contribution in [0.1, 0.15) is 31.9 Å². The second kappa shape index (κ2) is 4.74. The van der Waals surface area contributed by atoms with Gasteiger partial charge >= 0.3 is 0 Å². The zero-order valence-electron chi connectivity index (χ0n) is 9.77. The summed E-state index contributed by atoms with van der Waals surface area (Å²) in [6.07, 6.45) is 0.524. The van der Waals surface area contributed by atoms with Gasteiger partial charge in [-0.1, -0.05) is 26.3 Å². The van der Waals surface area contributed by atoms with E-state index in [4.69, 9.17) is 9.47 Å². The minimum Gasteiger partial charge on any atom is -0.486 e. The Morgan fingerprint density at radius 1 is 1.25 bits per heavy atom. The molecule has 1 N–H and O–H groups in total. The molecule has 0 bridgehead atoms. The van der Waals surface area contributed by atoms with E-state index in [1.807, 2.05) is 25.1 Å². The average molecular weight is 222 g/mol. The maximum Gasteiger partial charge on any atom is 0.161 e. The van der Waals surface area contributed by atoms with Crippen molar-refractivity contribution in [2.45, 2.75) is 26.4 Å². The second-order valence-corrected chi connectivity index (χ2v) is 4.23. The maximum absolute atomic E-state index is 10.1. The van der Waals surface area contributed by atoms with Gasteiger partial charge in [-0.3, -0.25) is 0 Å². The molecule has 0 aromatic heterocycles. The third-order valence-electron chi connectivity index (χ3n) is 3.09. The minimum absolute atomic E-state index is 0.252. The predicted molar refractivity (Wildman–Crippen MR) is 61.8 cm³/mol. The van der Waals surface area contributed by atoms with Crippen molar-refractivity contribution in [2.75, 3.05) is 13.2 Å². The van der Waals surface area contributed by atoms with Crippen molar-refractivity contribution in [1.29, 1.82) is 0 Å². The smallest absolute Gasteiger partial charge is 0.161 e. The standard InChI is InChI=1S/C13H18O3/c1-3-9(2)13(14)10-4-5-11-12(8-10)16-7-6-15-11/h4-5,8-9,13-14H,3,6-7H2,1-2H3. The first-order chi connectivity index (χ1) is 7.72. The molecule has 3 heteroatoms. The molecule has 0 amide bonds. The fraction of sp³-hybridized carbons (Fsp3) is 0.538. The molecule has 16 heavy (non-hydrogen) atoms. The number of hydrogen-bond acceptors (Lipinski definition) is 3. The van der Waals surface area contributed by atoms with Crippen molar-refractivity contribution in [1.82, 2.24) is 0 Å². The quantitative estimate of drug-likeness (QED) is 0.854. The van der Waals surface area contributed by atoms with E-state index in [0.29, 0.717) is 13.2 Å². The lowest BCUT2D eigenvalue weighted by Gasteiger charge is -2.22. The summed E-state index contributed by atoms with van der Waals surface area (Å²) in [6.45, 7) is 5.30. The van der Waals surface area contributed by atoms with Crippen molar-refractivity contribution in [3.63, 3.8) is 0 Å². The number of fused-ring (bicyclic) bond motifs is 1. The first-order valence-electron chi connectivity index (χ1n) is 5.80. The lowest BCUT2D eigenvalue weighted by Crippen LogP contribution is -2.16. The molecular formula is C13H18O3. The van der Waals surface area contributed by atoms with Crippen LogP contribution in [-0.4, -0.2) is 18.3 Å². The van der Waals surface area contributed by atoms with Crippen LogP contribution in [0.3, 0.4) is 0 Å². The number of rotatable bonds is 3. The topological polar surface area (TPSA) is 38.7 Å². The Hall–Kier alpha value is -1.22. The van der Waals surface area contributed by atoms with Crippen molar-refractivity contribution in [3.05, 3.63) is 23.8 Å². The van der Waals surface area contributed by atoms with E-state index in [2.05, 4.69) is 6.92 Å². The minimum atomic E-state index is -0.430. The fourth-order valence-corrected chi connectivity index (χ4v) is 1.80. The average Bonchev–Trinajstić information content (AvgIpc) is 2.36. The summed E-state index contributed by atoms with van der Waals surface area (Å²) in [6, 6.07) is 5.66. The molecule has 0 saturated carbocycles. The molecule has 2 rings (SSSR count). The van der Waals surface area contributed by atoms with Gasteiger partial charge in [-0.25, -0.2) is 0 Å². The predicted octanol–water partition coefficient (Wildman–Crippen LogP) is 2.54. The van der Waals surface area contributed by atoms with Gasteiger partial charge in [0.2, 0.25) is 0 Å². The molecule has 0 radical (unpaired) electrons. The highest BCUT2D eigenvalue weighted by Gasteiger charge is 2.18. The monoisotopic (exact) mass is 222 g/mol. The summed E-state index contributed by atoms with van der Waals surface area (Å²) >= 11 is 0. The van der Waals surface area contributed by atoms with Crippen molar-refractivity contribution < 1.29 is 14.6 Å². The van der Waals surface area contributed by atoms with Crippen molar-refractivity contribution >= 4 is 0 Å². The Balaban J connectivity index is 2.22. The van der Waals surface area contributed by atoms with Crippen LogP contribution in [0, 0.1) is 5.92 Å². The zero-order chi connectivity index (χ0) is 11.5. The fourth-order valence-electron chi connectivity index (χ4n) is 1.80. The largest absolute Gasteiger partial charge is 0.486 e. The molecule has 1 aromatic rings. The summed E-state index contributed by atoms with van der Waals surface area (Å²) < 4.78 is 10.9. The highest BCUT2D eigenvalue weighted by Crippen LogP contribution is 2.34. The molecule has 2 unspecified atom stereocenters. The van der Waals surface area contributed by atoms with E-state index < -0.39 is 6.10 Å². The highest BCUT2D eigenvalue weighted by atomic mass is 16.6. The lowest BCUT2D eigenvalue weighted by atomic mass is 9.95. The molecule has 88 valence electrons. The van der Waals surface area contributed by atoms with Crippen LogP contribution in [-0.2, 0) is 0 Å². The molecular weight excluding hydrogens is 204 g/mol. The number of ether oxygens (including phenoxy) is 2. The van der Waals surface area contributed by atoms with Gasteiger partial charge in [0.25, 0.3) is 0 Å². The molecule has 0 saturated heterocycles. The van der Waals surface area contributed by atoms with E-state index in [1.54, 1.807) is 0 Å². The summed E-state index contributed by atoms with van der Waals surface area (Å²) in [5.74, 6) is 1.76. The van der Waals surface area contributed by atoms with Crippen LogP contribution in [0.25, 0.3) is 0 Å². The SMILES string of the molecule is CCC(C)C(O)c1ccc2c(c1)OCCO2. The first kappa shape index (κ1) is 11.3. The number of hydrogen-bond donors (Lipinski definition) is 1. The van der Waals surface area contributed by atoms with Crippen LogP contribution in [0.15, 0.2) is 18.2 Å². The summed E-state index contributed by atoms with van der Waals surface area (Å²) in [5, 5.41) is 10.1. The van der Waals surface area contributed by atoms with Crippen molar-refractivity contribution in [3.8, 4) is 11.5 Å². The molecule has 0 spiro atoms. The van der Waals surface area contributed by atoms with Crippen LogP contribution in [0.2, 0.25) is 0 Å².